The Morgan fingerprint density at radius 2 is 1.67 bits per heavy atom. The second-order valence-corrected chi connectivity index (χ2v) is 9.32. The van der Waals surface area contributed by atoms with Crippen LogP contribution in [-0.2, 0) is 22.6 Å². The molecule has 0 aliphatic heterocycles. The number of fused-ring (bicyclic) bond motifs is 1. The first-order chi connectivity index (χ1) is 15.9. The first-order valence-corrected chi connectivity index (χ1v) is 12.0. The van der Waals surface area contributed by atoms with Crippen molar-refractivity contribution in [2.75, 3.05) is 19.6 Å². The molecule has 0 unspecified atom stereocenters. The lowest BCUT2D eigenvalue weighted by atomic mass is 10.1. The van der Waals surface area contributed by atoms with Gasteiger partial charge in [0.1, 0.15) is 0 Å². The number of aromatic nitrogens is 1. The summed E-state index contributed by atoms with van der Waals surface area (Å²) in [7, 11) is 0. The van der Waals surface area contributed by atoms with Gasteiger partial charge in [-0.2, -0.15) is 0 Å². The van der Waals surface area contributed by atoms with Gasteiger partial charge in [0.25, 0.3) is 0 Å². The number of aryl methyl sites for hydroxylation is 1. The van der Waals surface area contributed by atoms with Crippen LogP contribution < -0.4 is 0 Å². The van der Waals surface area contributed by atoms with Gasteiger partial charge in [-0.1, -0.05) is 68.8 Å². The number of hydrogen-bond acceptors (Lipinski definition) is 2. The molecule has 1 heterocycles. The number of amides is 2. The van der Waals surface area contributed by atoms with Crippen LogP contribution in [0.25, 0.3) is 10.9 Å². The van der Waals surface area contributed by atoms with Gasteiger partial charge in [0.2, 0.25) is 11.8 Å². The Balaban J connectivity index is 1.76. The summed E-state index contributed by atoms with van der Waals surface area (Å²) in [4.78, 5) is 33.1. The standard InChI is InChI=1S/C28H37N3O2/c1-5-15-30(27(32)17-21(2)3)20-28(33)31(19-23-12-10-22(4)11-13-23)16-14-24-18-29-26-9-7-6-8-25(24)26/h6-13,18,21,29H,5,14-17,19-20H2,1-4H3. The minimum atomic E-state index is 0.000900. The van der Waals surface area contributed by atoms with E-state index >= 15 is 0 Å². The molecule has 0 spiro atoms. The van der Waals surface area contributed by atoms with Gasteiger partial charge in [0.15, 0.2) is 0 Å². The largest absolute Gasteiger partial charge is 0.361 e. The highest BCUT2D eigenvalue weighted by Crippen LogP contribution is 2.19. The summed E-state index contributed by atoms with van der Waals surface area (Å²) in [6, 6.07) is 16.5. The summed E-state index contributed by atoms with van der Waals surface area (Å²) >= 11 is 0. The minimum Gasteiger partial charge on any atom is -0.361 e. The fourth-order valence-electron chi connectivity index (χ4n) is 4.10. The van der Waals surface area contributed by atoms with E-state index in [2.05, 4.69) is 48.3 Å². The third-order valence-corrected chi connectivity index (χ3v) is 5.93. The molecule has 1 aromatic heterocycles. The van der Waals surface area contributed by atoms with Crippen molar-refractivity contribution in [2.45, 2.75) is 53.5 Å². The molecular formula is C28H37N3O2. The first-order valence-electron chi connectivity index (χ1n) is 12.0. The number of carbonyl (C=O) groups is 2. The van der Waals surface area contributed by atoms with Crippen LogP contribution in [0.1, 0.15) is 50.3 Å². The number of rotatable bonds is 11. The van der Waals surface area contributed by atoms with Crippen LogP contribution in [0.2, 0.25) is 0 Å². The summed E-state index contributed by atoms with van der Waals surface area (Å²) in [5, 5.41) is 1.19. The quantitative estimate of drug-likeness (QED) is 0.432. The molecule has 0 bridgehead atoms. The fraction of sp³-hybridized carbons (Fsp3) is 0.429. The van der Waals surface area contributed by atoms with Gasteiger partial charge in [-0.3, -0.25) is 9.59 Å². The Bertz CT molecular complexity index is 1050. The van der Waals surface area contributed by atoms with Crippen molar-refractivity contribution in [2.24, 2.45) is 5.92 Å². The molecule has 5 heteroatoms. The highest BCUT2D eigenvalue weighted by atomic mass is 16.2. The predicted molar refractivity (Wildman–Crippen MR) is 135 cm³/mol. The third kappa shape index (κ3) is 6.95. The van der Waals surface area contributed by atoms with E-state index < -0.39 is 0 Å². The Morgan fingerprint density at radius 3 is 2.36 bits per heavy atom. The normalized spacial score (nSPS) is 11.2. The summed E-state index contributed by atoms with van der Waals surface area (Å²) in [5.41, 5.74) is 4.61. The molecule has 2 aromatic carbocycles. The van der Waals surface area contributed by atoms with E-state index in [9.17, 15) is 9.59 Å². The van der Waals surface area contributed by atoms with Crippen LogP contribution in [0.3, 0.4) is 0 Å². The number of para-hydroxylation sites is 1. The maximum Gasteiger partial charge on any atom is 0.242 e. The molecule has 0 saturated heterocycles. The molecule has 0 aliphatic carbocycles. The zero-order valence-electron chi connectivity index (χ0n) is 20.4. The topological polar surface area (TPSA) is 56.4 Å². The molecule has 176 valence electrons. The van der Waals surface area contributed by atoms with Crippen molar-refractivity contribution in [1.82, 2.24) is 14.8 Å². The summed E-state index contributed by atoms with van der Waals surface area (Å²) in [6.07, 6.45) is 4.11. The van der Waals surface area contributed by atoms with Crippen molar-refractivity contribution in [3.8, 4) is 0 Å². The summed E-state index contributed by atoms with van der Waals surface area (Å²) in [6.45, 7) is 10.1. The molecular weight excluding hydrogens is 410 g/mol. The number of carbonyl (C=O) groups excluding carboxylic acids is 2. The van der Waals surface area contributed by atoms with Crippen LogP contribution in [0, 0.1) is 12.8 Å². The second-order valence-electron chi connectivity index (χ2n) is 9.32. The molecule has 0 saturated carbocycles. The number of aromatic amines is 1. The summed E-state index contributed by atoms with van der Waals surface area (Å²) < 4.78 is 0. The van der Waals surface area contributed by atoms with E-state index in [1.54, 1.807) is 4.90 Å². The maximum atomic E-state index is 13.4. The highest BCUT2D eigenvalue weighted by molar-refractivity contribution is 5.85. The number of nitrogens with one attached hydrogen (secondary N) is 1. The molecule has 1 N–H and O–H groups in total. The van der Waals surface area contributed by atoms with Crippen LogP contribution >= 0.6 is 0 Å². The number of benzene rings is 2. The number of hydrogen-bond donors (Lipinski definition) is 1. The number of nitrogens with zero attached hydrogens (tertiary/aromatic N) is 2. The lowest BCUT2D eigenvalue weighted by molar-refractivity contribution is -0.141. The lowest BCUT2D eigenvalue weighted by Crippen LogP contribution is -2.44. The van der Waals surface area contributed by atoms with Gasteiger partial charge in [-0.05, 0) is 42.9 Å². The van der Waals surface area contributed by atoms with Crippen molar-refractivity contribution in [3.63, 3.8) is 0 Å². The molecule has 0 fully saturated rings. The third-order valence-electron chi connectivity index (χ3n) is 5.93. The monoisotopic (exact) mass is 447 g/mol. The van der Waals surface area contributed by atoms with E-state index in [4.69, 9.17) is 0 Å². The smallest absolute Gasteiger partial charge is 0.242 e. The lowest BCUT2D eigenvalue weighted by Gasteiger charge is -2.28. The zero-order valence-corrected chi connectivity index (χ0v) is 20.4. The van der Waals surface area contributed by atoms with E-state index in [0.717, 1.165) is 23.9 Å². The second kappa shape index (κ2) is 11.7. The Hall–Kier alpha value is -3.08. The first kappa shape index (κ1) is 24.6. The number of H-pyrrole nitrogens is 1. The fourth-order valence-corrected chi connectivity index (χ4v) is 4.10. The van der Waals surface area contributed by atoms with Gasteiger partial charge in [0.05, 0.1) is 6.54 Å². The van der Waals surface area contributed by atoms with Gasteiger partial charge in [0, 0.05) is 43.2 Å². The van der Waals surface area contributed by atoms with E-state index in [0.29, 0.717) is 26.1 Å². The maximum absolute atomic E-state index is 13.4. The van der Waals surface area contributed by atoms with Crippen LogP contribution in [0.5, 0.6) is 0 Å². The van der Waals surface area contributed by atoms with Gasteiger partial charge in [-0.15, -0.1) is 0 Å². The summed E-state index contributed by atoms with van der Waals surface area (Å²) in [5.74, 6) is 0.338. The van der Waals surface area contributed by atoms with Crippen molar-refractivity contribution in [3.05, 3.63) is 71.4 Å². The Labute approximate surface area is 197 Å². The SMILES string of the molecule is CCCN(CC(=O)N(CCc1c[nH]c2ccccc12)Cc1ccc(C)cc1)C(=O)CC(C)C. The average molecular weight is 448 g/mol. The van der Waals surface area contributed by atoms with E-state index in [1.165, 1.54) is 16.5 Å². The molecule has 33 heavy (non-hydrogen) atoms. The zero-order chi connectivity index (χ0) is 23.8. The molecule has 3 aromatic rings. The molecule has 0 aliphatic rings. The van der Waals surface area contributed by atoms with Crippen molar-refractivity contribution < 1.29 is 9.59 Å². The van der Waals surface area contributed by atoms with Gasteiger partial charge < -0.3 is 14.8 Å². The molecule has 3 rings (SSSR count). The predicted octanol–water partition coefficient (Wildman–Crippen LogP) is 5.33. The Kier molecular flexibility index (Phi) is 8.70. The van der Waals surface area contributed by atoms with Crippen LogP contribution in [0.15, 0.2) is 54.7 Å². The average Bonchev–Trinajstić information content (AvgIpc) is 3.20. The van der Waals surface area contributed by atoms with Gasteiger partial charge >= 0.3 is 0 Å². The van der Waals surface area contributed by atoms with Crippen molar-refractivity contribution in [1.29, 1.82) is 0 Å². The molecule has 0 radical (unpaired) electrons. The molecule has 5 nitrogen and oxygen atoms in total. The van der Waals surface area contributed by atoms with E-state index in [-0.39, 0.29) is 24.3 Å². The molecule has 2 amide bonds. The van der Waals surface area contributed by atoms with Gasteiger partial charge in [-0.25, -0.2) is 0 Å². The minimum absolute atomic E-state index is 0.000900. The van der Waals surface area contributed by atoms with Crippen LogP contribution in [-0.4, -0.2) is 46.2 Å². The molecule has 0 atom stereocenters. The Morgan fingerprint density at radius 1 is 0.939 bits per heavy atom. The highest BCUT2D eigenvalue weighted by Gasteiger charge is 2.22. The van der Waals surface area contributed by atoms with Crippen LogP contribution in [0.4, 0.5) is 0 Å². The van der Waals surface area contributed by atoms with Crippen molar-refractivity contribution >= 4 is 22.7 Å². The van der Waals surface area contributed by atoms with E-state index in [1.807, 2.05) is 44.0 Å².